The largest absolute Gasteiger partial charge is 0.497 e. The quantitative estimate of drug-likeness (QED) is 0.475. The number of hydrogen-bond donors (Lipinski definition) is 2. The minimum atomic E-state index is -0.793. The number of methoxy groups -OCH3 is 1. The molecule has 9 heteroatoms. The molecule has 2 aromatic carbocycles. The van der Waals surface area contributed by atoms with E-state index in [4.69, 9.17) is 9.47 Å². The van der Waals surface area contributed by atoms with Crippen molar-refractivity contribution in [2.75, 3.05) is 13.7 Å². The number of nitrogens with one attached hydrogen (secondary N) is 1. The number of carbonyl (C=O) groups excluding carboxylic acids is 1. The maximum atomic E-state index is 12.2. The lowest BCUT2D eigenvalue weighted by Gasteiger charge is -2.10. The number of benzene rings is 2. The first kappa shape index (κ1) is 20.6. The van der Waals surface area contributed by atoms with Crippen LogP contribution in [0.3, 0.4) is 0 Å². The molecule has 1 heterocycles. The molecular weight excluding hydrogens is 390 g/mol. The zero-order valence-corrected chi connectivity index (χ0v) is 16.3. The van der Waals surface area contributed by atoms with Crippen LogP contribution >= 0.6 is 0 Å². The van der Waals surface area contributed by atoms with Crippen molar-refractivity contribution >= 4 is 17.9 Å². The number of carbonyl (C=O) groups is 1. The first-order valence-corrected chi connectivity index (χ1v) is 8.98. The van der Waals surface area contributed by atoms with Gasteiger partial charge < -0.3 is 14.6 Å². The molecule has 0 spiro atoms. The molecule has 0 atom stereocenters. The van der Waals surface area contributed by atoms with E-state index in [0.717, 1.165) is 10.8 Å². The Hall–Kier alpha value is -4.14. The standard InChI is InChI=1S/C21H19N3O6/c1-3-30-20(27)13-4-6-14(7-5-13)22-12-17-18(25)23-21(28)24(19(17)26)15-8-10-16(29-2)11-9-15/h4-12,26H,3H2,1-2H3,(H,23,25,28). The number of aromatic nitrogens is 2. The van der Waals surface area contributed by atoms with Gasteiger partial charge in [-0.3, -0.25) is 14.8 Å². The summed E-state index contributed by atoms with van der Waals surface area (Å²) in [6.45, 7) is 1.98. The van der Waals surface area contributed by atoms with Crippen LogP contribution in [0.1, 0.15) is 22.8 Å². The molecule has 0 bridgehead atoms. The van der Waals surface area contributed by atoms with Crippen LogP contribution in [0.5, 0.6) is 11.6 Å². The van der Waals surface area contributed by atoms with Gasteiger partial charge in [-0.2, -0.15) is 0 Å². The molecule has 0 aliphatic carbocycles. The number of aromatic hydroxyl groups is 1. The van der Waals surface area contributed by atoms with E-state index in [2.05, 4.69) is 9.98 Å². The highest BCUT2D eigenvalue weighted by Gasteiger charge is 2.14. The van der Waals surface area contributed by atoms with E-state index in [0.29, 0.717) is 22.7 Å². The Balaban J connectivity index is 1.95. The number of hydrogen-bond acceptors (Lipinski definition) is 7. The average molecular weight is 409 g/mol. The second-order valence-electron chi connectivity index (χ2n) is 6.06. The number of aliphatic imine (C=N–C) groups is 1. The Morgan fingerprint density at radius 1 is 1.13 bits per heavy atom. The summed E-state index contributed by atoms with van der Waals surface area (Å²) in [5.74, 6) is -0.432. The van der Waals surface area contributed by atoms with Crippen molar-refractivity contribution in [2.24, 2.45) is 4.99 Å². The van der Waals surface area contributed by atoms with Crippen molar-refractivity contribution < 1.29 is 19.4 Å². The summed E-state index contributed by atoms with van der Waals surface area (Å²) in [6.07, 6.45) is 1.15. The van der Waals surface area contributed by atoms with E-state index in [-0.39, 0.29) is 12.2 Å². The molecule has 3 aromatic rings. The molecule has 0 unspecified atom stereocenters. The van der Waals surface area contributed by atoms with E-state index in [9.17, 15) is 19.5 Å². The van der Waals surface area contributed by atoms with Crippen LogP contribution in [0, 0.1) is 0 Å². The van der Waals surface area contributed by atoms with Gasteiger partial charge in [0.05, 0.1) is 30.7 Å². The average Bonchev–Trinajstić information content (AvgIpc) is 2.74. The van der Waals surface area contributed by atoms with Gasteiger partial charge in [-0.25, -0.2) is 14.2 Å². The highest BCUT2D eigenvalue weighted by Crippen LogP contribution is 2.19. The summed E-state index contributed by atoms with van der Waals surface area (Å²) in [6, 6.07) is 12.6. The maximum absolute atomic E-state index is 12.2. The number of nitrogens with zero attached hydrogens (tertiary/aromatic N) is 2. The summed E-state index contributed by atoms with van der Waals surface area (Å²) in [5.41, 5.74) is -0.635. The van der Waals surface area contributed by atoms with Crippen molar-refractivity contribution in [1.29, 1.82) is 0 Å². The highest BCUT2D eigenvalue weighted by molar-refractivity contribution is 5.90. The number of H-pyrrole nitrogens is 1. The van der Waals surface area contributed by atoms with Gasteiger partial charge in [0, 0.05) is 6.21 Å². The fourth-order valence-electron chi connectivity index (χ4n) is 2.66. The molecular formula is C21H19N3O6. The van der Waals surface area contributed by atoms with Crippen molar-refractivity contribution in [3.8, 4) is 17.3 Å². The topological polar surface area (TPSA) is 123 Å². The molecule has 0 saturated heterocycles. The molecule has 0 aliphatic rings. The first-order chi connectivity index (χ1) is 14.4. The Labute approximate surface area is 170 Å². The molecule has 30 heavy (non-hydrogen) atoms. The van der Waals surface area contributed by atoms with Gasteiger partial charge in [0.2, 0.25) is 5.88 Å². The summed E-state index contributed by atoms with van der Waals surface area (Å²) < 4.78 is 10.9. The van der Waals surface area contributed by atoms with Gasteiger partial charge in [0.25, 0.3) is 5.56 Å². The van der Waals surface area contributed by atoms with Gasteiger partial charge in [0.1, 0.15) is 11.3 Å². The summed E-state index contributed by atoms with van der Waals surface area (Å²) >= 11 is 0. The number of aromatic amines is 1. The van der Waals surface area contributed by atoms with Crippen LogP contribution in [-0.2, 0) is 4.74 Å². The molecule has 2 N–H and O–H groups in total. The predicted octanol–water partition coefficient (Wildman–Crippen LogP) is 2.17. The van der Waals surface area contributed by atoms with E-state index in [1.54, 1.807) is 43.3 Å². The predicted molar refractivity (Wildman–Crippen MR) is 111 cm³/mol. The Bertz CT molecular complexity index is 1190. The molecule has 0 fully saturated rings. The van der Waals surface area contributed by atoms with Gasteiger partial charge in [-0.05, 0) is 55.5 Å². The normalized spacial score (nSPS) is 10.9. The van der Waals surface area contributed by atoms with Gasteiger partial charge in [0.15, 0.2) is 0 Å². The zero-order valence-electron chi connectivity index (χ0n) is 16.3. The third-order valence-electron chi connectivity index (χ3n) is 4.17. The molecule has 1 aromatic heterocycles. The van der Waals surface area contributed by atoms with E-state index >= 15 is 0 Å². The minimum absolute atomic E-state index is 0.195. The molecule has 3 rings (SSSR count). The SMILES string of the molecule is CCOC(=O)c1ccc(N=Cc2c(O)n(-c3ccc(OC)cc3)c(=O)[nH]c2=O)cc1. The van der Waals surface area contributed by atoms with Crippen LogP contribution in [0.4, 0.5) is 5.69 Å². The lowest BCUT2D eigenvalue weighted by molar-refractivity contribution is 0.0526. The summed E-state index contributed by atoms with van der Waals surface area (Å²) in [4.78, 5) is 42.4. The van der Waals surface area contributed by atoms with Crippen molar-refractivity contribution in [3.63, 3.8) is 0 Å². The van der Waals surface area contributed by atoms with Crippen LogP contribution in [0.2, 0.25) is 0 Å². The van der Waals surface area contributed by atoms with Gasteiger partial charge >= 0.3 is 11.7 Å². The highest BCUT2D eigenvalue weighted by atomic mass is 16.5. The fraction of sp³-hybridized carbons (Fsp3) is 0.143. The summed E-state index contributed by atoms with van der Waals surface area (Å²) in [7, 11) is 1.51. The lowest BCUT2D eigenvalue weighted by atomic mass is 10.2. The number of ether oxygens (including phenoxy) is 2. The maximum Gasteiger partial charge on any atom is 0.338 e. The van der Waals surface area contributed by atoms with E-state index in [1.807, 2.05) is 0 Å². The first-order valence-electron chi connectivity index (χ1n) is 8.98. The smallest absolute Gasteiger partial charge is 0.338 e. The fourth-order valence-corrected chi connectivity index (χ4v) is 2.66. The molecule has 154 valence electrons. The van der Waals surface area contributed by atoms with Crippen LogP contribution < -0.4 is 16.0 Å². The second kappa shape index (κ2) is 8.91. The molecule has 9 nitrogen and oxygen atoms in total. The second-order valence-corrected chi connectivity index (χ2v) is 6.06. The lowest BCUT2D eigenvalue weighted by Crippen LogP contribution is -2.31. The number of rotatable bonds is 6. The van der Waals surface area contributed by atoms with Crippen LogP contribution in [0.25, 0.3) is 5.69 Å². The summed E-state index contributed by atoms with van der Waals surface area (Å²) in [5, 5.41) is 10.5. The molecule has 0 amide bonds. The van der Waals surface area contributed by atoms with E-state index < -0.39 is 23.1 Å². The van der Waals surface area contributed by atoms with Crippen molar-refractivity contribution in [3.05, 3.63) is 80.5 Å². The third-order valence-corrected chi connectivity index (χ3v) is 4.17. The Morgan fingerprint density at radius 3 is 2.40 bits per heavy atom. The van der Waals surface area contributed by atoms with E-state index in [1.165, 1.54) is 19.2 Å². The van der Waals surface area contributed by atoms with Crippen LogP contribution in [-0.4, -0.2) is 40.6 Å². The van der Waals surface area contributed by atoms with Crippen molar-refractivity contribution in [2.45, 2.75) is 6.92 Å². The number of esters is 1. The van der Waals surface area contributed by atoms with Gasteiger partial charge in [-0.15, -0.1) is 0 Å². The third kappa shape index (κ3) is 4.30. The molecule has 0 aliphatic heterocycles. The van der Waals surface area contributed by atoms with Crippen LogP contribution in [0.15, 0.2) is 63.1 Å². The minimum Gasteiger partial charge on any atom is -0.497 e. The Morgan fingerprint density at radius 2 is 1.80 bits per heavy atom. The molecule has 0 saturated carbocycles. The zero-order chi connectivity index (χ0) is 21.7. The monoisotopic (exact) mass is 409 g/mol. The Kier molecular flexibility index (Phi) is 6.11. The molecule has 0 radical (unpaired) electrons. The van der Waals surface area contributed by atoms with Crippen molar-refractivity contribution in [1.82, 2.24) is 9.55 Å². The van der Waals surface area contributed by atoms with Gasteiger partial charge in [-0.1, -0.05) is 0 Å².